The molecule has 1 aromatic carbocycles. The van der Waals surface area contributed by atoms with Crippen LogP contribution in [-0.2, 0) is 4.74 Å². The first-order valence-electron chi connectivity index (χ1n) is 23.6. The lowest BCUT2D eigenvalue weighted by atomic mass is 9.67. The van der Waals surface area contributed by atoms with Gasteiger partial charge in [-0.3, -0.25) is 5.32 Å². The van der Waals surface area contributed by atoms with Gasteiger partial charge in [-0.15, -0.1) is 0 Å². The molecule has 1 aromatic rings. The zero-order valence-electron chi connectivity index (χ0n) is 33.6. The molecule has 11 aliphatic rings. The van der Waals surface area contributed by atoms with Crippen molar-refractivity contribution in [2.75, 3.05) is 13.1 Å². The Bertz CT molecular complexity index is 1870. The first kappa shape index (κ1) is 34.4. The Morgan fingerprint density at radius 2 is 1.64 bits per heavy atom. The molecular weight excluding hydrogens is 671 g/mol. The van der Waals surface area contributed by atoms with E-state index in [1.165, 1.54) is 128 Å². The van der Waals surface area contributed by atoms with Crippen molar-refractivity contribution in [3.63, 3.8) is 0 Å². The number of rotatable bonds is 5. The molecule has 0 spiro atoms. The number of allylic oxidation sites excluding steroid dienone is 1. The molecule has 6 aliphatic heterocycles. The van der Waals surface area contributed by atoms with E-state index in [2.05, 4.69) is 82.4 Å². The summed E-state index contributed by atoms with van der Waals surface area (Å²) in [5, 5.41) is 3.96. The highest BCUT2D eigenvalue weighted by molar-refractivity contribution is 5.85. The summed E-state index contributed by atoms with van der Waals surface area (Å²) >= 11 is 0. The quantitative estimate of drug-likeness (QED) is 0.241. The van der Waals surface area contributed by atoms with Gasteiger partial charge in [0.2, 0.25) is 0 Å². The van der Waals surface area contributed by atoms with E-state index in [0.717, 1.165) is 41.4 Å². The predicted molar refractivity (Wildman–Crippen MR) is 221 cm³/mol. The van der Waals surface area contributed by atoms with Crippen molar-refractivity contribution in [3.05, 3.63) is 94.3 Å². The first-order valence-corrected chi connectivity index (χ1v) is 23.6. The van der Waals surface area contributed by atoms with Crippen LogP contribution >= 0.6 is 0 Å². The van der Waals surface area contributed by atoms with Crippen LogP contribution < -0.4 is 5.32 Å². The maximum Gasteiger partial charge on any atom is 0.183 e. The minimum Gasteiger partial charge on any atom is -0.360 e. The molecule has 0 radical (unpaired) electrons. The number of nitrogens with one attached hydrogen (secondary N) is 1. The van der Waals surface area contributed by atoms with Gasteiger partial charge < -0.3 is 9.64 Å². The zero-order chi connectivity index (χ0) is 36.2. The van der Waals surface area contributed by atoms with Crippen LogP contribution in [0.25, 0.3) is 0 Å². The van der Waals surface area contributed by atoms with Gasteiger partial charge in [0.05, 0.1) is 29.8 Å². The number of hydrogen-bond donors (Lipinski definition) is 1. The van der Waals surface area contributed by atoms with Crippen LogP contribution in [0.5, 0.6) is 0 Å². The van der Waals surface area contributed by atoms with Crippen molar-refractivity contribution in [1.29, 1.82) is 0 Å². The van der Waals surface area contributed by atoms with Crippen molar-refractivity contribution < 1.29 is 9.31 Å². The fraction of sp³-hybridized carbons (Fsp3) is 0.667. The topological polar surface area (TPSA) is 27.5 Å². The molecule has 1 saturated heterocycles. The maximum absolute atomic E-state index is 7.32. The van der Waals surface area contributed by atoms with Crippen LogP contribution in [0.3, 0.4) is 0 Å². The molecule has 1 N–H and O–H groups in total. The van der Waals surface area contributed by atoms with Gasteiger partial charge >= 0.3 is 0 Å². The Hall–Kier alpha value is -2.69. The van der Waals surface area contributed by atoms with E-state index in [4.69, 9.17) is 4.74 Å². The molecule has 4 saturated carbocycles. The van der Waals surface area contributed by atoms with Gasteiger partial charge in [-0.25, -0.2) is 4.58 Å². The minimum atomic E-state index is 0.0532. The van der Waals surface area contributed by atoms with Crippen LogP contribution in [0.15, 0.2) is 88.7 Å². The second-order valence-corrected chi connectivity index (χ2v) is 20.5. The fourth-order valence-electron chi connectivity index (χ4n) is 14.9. The lowest BCUT2D eigenvalue weighted by Crippen LogP contribution is -2.48. The molecule has 12 rings (SSSR count). The number of fused-ring (bicyclic) bond motifs is 11. The summed E-state index contributed by atoms with van der Waals surface area (Å²) in [6.07, 6.45) is 37.6. The molecule has 12 unspecified atom stereocenters. The van der Waals surface area contributed by atoms with Gasteiger partial charge in [-0.05, 0) is 66.9 Å². The smallest absolute Gasteiger partial charge is 0.183 e. The summed E-state index contributed by atoms with van der Waals surface area (Å²) < 4.78 is 10.4. The van der Waals surface area contributed by atoms with E-state index >= 15 is 0 Å². The van der Waals surface area contributed by atoms with E-state index in [9.17, 15) is 0 Å². The van der Waals surface area contributed by atoms with Crippen molar-refractivity contribution in [2.45, 2.75) is 147 Å². The third kappa shape index (κ3) is 5.67. The monoisotopic (exact) mass is 737 g/mol. The van der Waals surface area contributed by atoms with Gasteiger partial charge in [0.15, 0.2) is 11.8 Å². The van der Waals surface area contributed by atoms with Crippen molar-refractivity contribution in [1.82, 2.24) is 10.2 Å². The highest BCUT2D eigenvalue weighted by Crippen LogP contribution is 2.62. The lowest BCUT2D eigenvalue weighted by molar-refractivity contribution is -0.564. The largest absolute Gasteiger partial charge is 0.360 e. The Labute approximate surface area is 331 Å². The third-order valence-corrected chi connectivity index (χ3v) is 17.6. The Morgan fingerprint density at radius 3 is 2.51 bits per heavy atom. The van der Waals surface area contributed by atoms with Crippen LogP contribution in [0.1, 0.15) is 128 Å². The number of hydrogen-bond acceptors (Lipinski definition) is 3. The molecule has 0 aromatic heterocycles. The second kappa shape index (κ2) is 13.7. The molecule has 0 bridgehead atoms. The number of nitrogens with zero attached hydrogens (tertiary/aromatic N) is 2. The summed E-state index contributed by atoms with van der Waals surface area (Å²) in [6, 6.07) is 12.2. The molecule has 5 aliphatic carbocycles. The zero-order valence-corrected chi connectivity index (χ0v) is 33.6. The molecular formula is C51H66N3O+. The third-order valence-electron chi connectivity index (χ3n) is 17.6. The molecule has 5 fully saturated rings. The van der Waals surface area contributed by atoms with Gasteiger partial charge in [-0.2, -0.15) is 0 Å². The average Bonchev–Trinajstić information content (AvgIpc) is 3.48. The van der Waals surface area contributed by atoms with E-state index in [0.29, 0.717) is 23.9 Å². The van der Waals surface area contributed by atoms with Crippen LogP contribution in [0.4, 0.5) is 0 Å². The van der Waals surface area contributed by atoms with Crippen LogP contribution in [0.2, 0.25) is 0 Å². The summed E-state index contributed by atoms with van der Waals surface area (Å²) in [5.74, 6) is 6.87. The molecule has 6 heterocycles. The minimum absolute atomic E-state index is 0.0532. The van der Waals surface area contributed by atoms with E-state index in [-0.39, 0.29) is 18.4 Å². The molecule has 290 valence electrons. The lowest BCUT2D eigenvalue weighted by Gasteiger charge is -2.40. The van der Waals surface area contributed by atoms with Gasteiger partial charge in [0.1, 0.15) is 12.8 Å². The SMILES string of the molecule is CC1C[N+]2=C(CC1CC1CCCCC1)C1CCCCC1C1/C(=C3\C4=C(C5OC6NC(c7ccccc7)C=CC6C5C=C4)C4C=C(CC5CCCC5)CCN34)C12. The average molecular weight is 737 g/mol. The summed E-state index contributed by atoms with van der Waals surface area (Å²) in [4.78, 5) is 2.95. The standard InChI is InChI=1S/C51H66N3O/c1-31-30-54-43(29-36(31)27-33-12-4-2-5-13-33)37-18-10-11-19-38(37)46-47(49(46)54)48-41-21-20-39-40-22-23-42(35-16-6-3-7-17-35)52-51(40)55-50(39)45(41)44-28-34(24-25-53(44)48)26-32-14-8-9-15-32/h3,6-7,16-17,20-23,28,31-33,36-40,42,44,46,49-52H,2,4-5,8-15,18-19,24-27,29-30H2,1H3/q+1/b48-47-. The van der Waals surface area contributed by atoms with E-state index in [1.54, 1.807) is 22.4 Å². The molecule has 4 heteroatoms. The van der Waals surface area contributed by atoms with Gasteiger partial charge in [0, 0.05) is 47.8 Å². The highest BCUT2D eigenvalue weighted by Gasteiger charge is 2.67. The summed E-state index contributed by atoms with van der Waals surface area (Å²) in [6.45, 7) is 5.13. The molecule has 4 nitrogen and oxygen atoms in total. The first-order chi connectivity index (χ1) is 27.2. The molecule has 55 heavy (non-hydrogen) atoms. The summed E-state index contributed by atoms with van der Waals surface area (Å²) in [7, 11) is 0. The Morgan fingerprint density at radius 1 is 0.836 bits per heavy atom. The van der Waals surface area contributed by atoms with Gasteiger partial charge in [-0.1, -0.05) is 144 Å². The van der Waals surface area contributed by atoms with Crippen molar-refractivity contribution >= 4 is 5.71 Å². The van der Waals surface area contributed by atoms with E-state index in [1.807, 2.05) is 11.3 Å². The normalized spacial score (nSPS) is 43.4. The molecule has 0 amide bonds. The summed E-state index contributed by atoms with van der Waals surface area (Å²) in [5.41, 5.74) is 11.7. The van der Waals surface area contributed by atoms with Crippen LogP contribution in [0, 0.1) is 53.3 Å². The predicted octanol–water partition coefficient (Wildman–Crippen LogP) is 10.5. The highest BCUT2D eigenvalue weighted by atomic mass is 16.5. The Balaban J connectivity index is 0.914. The van der Waals surface area contributed by atoms with E-state index < -0.39 is 0 Å². The number of benzene rings is 1. The van der Waals surface area contributed by atoms with Crippen molar-refractivity contribution in [3.8, 4) is 0 Å². The van der Waals surface area contributed by atoms with Crippen LogP contribution in [-0.4, -0.2) is 52.7 Å². The van der Waals surface area contributed by atoms with Gasteiger partial charge in [0.25, 0.3) is 0 Å². The fourth-order valence-corrected chi connectivity index (χ4v) is 14.9. The maximum atomic E-state index is 7.32. The Kier molecular flexibility index (Phi) is 8.57. The van der Waals surface area contributed by atoms with Crippen molar-refractivity contribution in [2.24, 2.45) is 53.3 Å². The number of ether oxygens (including phenoxy) is 1. The molecule has 12 atom stereocenters. The second-order valence-electron chi connectivity index (χ2n) is 20.5.